The lowest BCUT2D eigenvalue weighted by molar-refractivity contribution is -0.164. The number of ether oxygens (including phenoxy) is 3. The number of amides is 2. The second-order valence-electron chi connectivity index (χ2n) is 9.01. The first-order chi connectivity index (χ1) is 17.0. The van der Waals surface area contributed by atoms with Crippen LogP contribution in [0.1, 0.15) is 41.6 Å². The van der Waals surface area contributed by atoms with Crippen LogP contribution in [-0.2, 0) is 20.9 Å². The Kier molecular flexibility index (Phi) is 6.35. The second-order valence-corrected chi connectivity index (χ2v) is 10.5. The Morgan fingerprint density at radius 3 is 2.31 bits per heavy atom. The van der Waals surface area contributed by atoms with Gasteiger partial charge in [-0.25, -0.2) is 4.79 Å². The highest BCUT2D eigenvalue weighted by molar-refractivity contribution is 8.01. The fourth-order valence-electron chi connectivity index (χ4n) is 5.37. The van der Waals surface area contributed by atoms with Gasteiger partial charge in [0.05, 0.1) is 14.2 Å². The van der Waals surface area contributed by atoms with Crippen molar-refractivity contribution in [3.63, 3.8) is 0 Å². The van der Waals surface area contributed by atoms with E-state index in [9.17, 15) is 14.4 Å². The molecule has 1 aliphatic carbocycles. The molecule has 0 bridgehead atoms. The predicted molar refractivity (Wildman–Crippen MR) is 130 cm³/mol. The first-order valence-electron chi connectivity index (χ1n) is 11.7. The molecular weight excluding hydrogens is 468 g/mol. The van der Waals surface area contributed by atoms with E-state index in [1.54, 1.807) is 34.9 Å². The maximum atomic E-state index is 13.3. The average Bonchev–Trinajstić information content (AvgIpc) is 3.48. The fraction of sp³-hybridized carbons (Fsp3) is 0.423. The number of nitrogens with zero attached hydrogens (tertiary/aromatic N) is 1. The van der Waals surface area contributed by atoms with Crippen molar-refractivity contribution in [2.75, 3.05) is 14.2 Å². The van der Waals surface area contributed by atoms with E-state index in [1.807, 2.05) is 30.3 Å². The van der Waals surface area contributed by atoms with E-state index in [1.165, 1.54) is 14.2 Å². The third-order valence-electron chi connectivity index (χ3n) is 7.05. The number of nitrogens with one attached hydrogen (secondary N) is 1. The van der Waals surface area contributed by atoms with Crippen molar-refractivity contribution < 1.29 is 28.6 Å². The van der Waals surface area contributed by atoms with Crippen LogP contribution in [0.5, 0.6) is 11.5 Å². The summed E-state index contributed by atoms with van der Waals surface area (Å²) in [6.07, 6.45) is 3.67. The van der Waals surface area contributed by atoms with Crippen molar-refractivity contribution in [3.05, 3.63) is 59.7 Å². The molecule has 0 radical (unpaired) electrons. The third kappa shape index (κ3) is 4.01. The average molecular weight is 497 g/mol. The van der Waals surface area contributed by atoms with Gasteiger partial charge in [0.25, 0.3) is 5.91 Å². The summed E-state index contributed by atoms with van der Waals surface area (Å²) in [6, 6.07) is 13.2. The van der Waals surface area contributed by atoms with Crippen LogP contribution < -0.4 is 14.8 Å². The van der Waals surface area contributed by atoms with Gasteiger partial charge in [-0.1, -0.05) is 49.2 Å². The number of esters is 1. The SMILES string of the molecule is COc1cccc(OC)c1C(=O)NC1C(=O)N2C(C(=O)OCc3ccccc3)C3(CCCC3)S[C@@H]12. The lowest BCUT2D eigenvalue weighted by Gasteiger charge is -2.44. The number of thioether (sulfide) groups is 1. The second kappa shape index (κ2) is 9.45. The smallest absolute Gasteiger partial charge is 0.330 e. The minimum Gasteiger partial charge on any atom is -0.496 e. The predicted octanol–water partition coefficient (Wildman–Crippen LogP) is 3.14. The van der Waals surface area contributed by atoms with Crippen LogP contribution >= 0.6 is 11.8 Å². The van der Waals surface area contributed by atoms with Crippen LogP contribution in [0.4, 0.5) is 0 Å². The molecule has 2 aromatic rings. The molecule has 35 heavy (non-hydrogen) atoms. The maximum absolute atomic E-state index is 13.3. The summed E-state index contributed by atoms with van der Waals surface area (Å²) in [6.45, 7) is 0.164. The van der Waals surface area contributed by atoms with Crippen molar-refractivity contribution in [2.45, 2.75) is 54.5 Å². The topological polar surface area (TPSA) is 94.2 Å². The standard InChI is InChI=1S/C26H28N2O6S/c1-32-17-11-8-12-18(33-2)19(17)22(29)27-20-23(30)28-21(26(35-24(20)28)13-6-7-14-26)25(31)34-15-16-9-4-3-5-10-16/h3-5,8-12,20-21,24H,6-7,13-15H2,1-2H3,(H,27,29)/t20?,21?,24-/m0/s1. The third-order valence-corrected chi connectivity index (χ3v) is 8.89. The summed E-state index contributed by atoms with van der Waals surface area (Å²) in [5.74, 6) is -0.378. The van der Waals surface area contributed by atoms with E-state index >= 15 is 0 Å². The van der Waals surface area contributed by atoms with E-state index in [-0.39, 0.29) is 34.2 Å². The summed E-state index contributed by atoms with van der Waals surface area (Å²) >= 11 is 1.62. The molecule has 2 heterocycles. The van der Waals surface area contributed by atoms with Gasteiger partial charge in [0.15, 0.2) is 0 Å². The van der Waals surface area contributed by atoms with Gasteiger partial charge in [-0.2, -0.15) is 0 Å². The summed E-state index contributed by atoms with van der Waals surface area (Å²) < 4.78 is 16.0. The zero-order valence-electron chi connectivity index (χ0n) is 19.7. The van der Waals surface area contributed by atoms with E-state index < -0.39 is 18.0 Å². The Hall–Kier alpha value is -3.20. The van der Waals surface area contributed by atoms with E-state index in [2.05, 4.69) is 5.32 Å². The molecule has 1 N–H and O–H groups in total. The molecule has 2 aromatic carbocycles. The lowest BCUT2D eigenvalue weighted by Crippen LogP contribution is -2.70. The quantitative estimate of drug-likeness (QED) is 0.465. The summed E-state index contributed by atoms with van der Waals surface area (Å²) in [7, 11) is 2.95. The molecule has 8 nitrogen and oxygen atoms in total. The molecule has 1 saturated carbocycles. The van der Waals surface area contributed by atoms with Gasteiger partial charge in [0, 0.05) is 4.75 Å². The summed E-state index contributed by atoms with van der Waals surface area (Å²) in [5.41, 5.74) is 1.13. The highest BCUT2D eigenvalue weighted by atomic mass is 32.2. The number of hydrogen-bond acceptors (Lipinski definition) is 7. The van der Waals surface area contributed by atoms with Gasteiger partial charge in [-0.15, -0.1) is 11.8 Å². The molecule has 2 unspecified atom stereocenters. The largest absolute Gasteiger partial charge is 0.496 e. The Balaban J connectivity index is 1.34. The fourth-order valence-corrected chi connectivity index (χ4v) is 7.37. The zero-order chi connectivity index (χ0) is 24.6. The molecule has 5 rings (SSSR count). The Morgan fingerprint density at radius 1 is 1.03 bits per heavy atom. The number of fused-ring (bicyclic) bond motifs is 1. The van der Waals surface area contributed by atoms with Crippen molar-refractivity contribution >= 4 is 29.5 Å². The van der Waals surface area contributed by atoms with Crippen LogP contribution in [0.3, 0.4) is 0 Å². The van der Waals surface area contributed by atoms with Gasteiger partial charge in [0.2, 0.25) is 5.91 Å². The molecule has 0 aromatic heterocycles. The van der Waals surface area contributed by atoms with Crippen molar-refractivity contribution in [3.8, 4) is 11.5 Å². The number of methoxy groups -OCH3 is 2. The number of rotatable bonds is 7. The summed E-state index contributed by atoms with van der Waals surface area (Å²) in [4.78, 5) is 41.4. The molecule has 3 fully saturated rings. The summed E-state index contributed by atoms with van der Waals surface area (Å²) in [5, 5.41) is 2.54. The lowest BCUT2D eigenvalue weighted by atomic mass is 9.91. The van der Waals surface area contributed by atoms with Gasteiger partial charge in [-0.05, 0) is 30.5 Å². The number of benzene rings is 2. The van der Waals surface area contributed by atoms with Gasteiger partial charge < -0.3 is 24.4 Å². The molecule has 3 atom stereocenters. The monoisotopic (exact) mass is 496 g/mol. The number of carbonyl (C=O) groups excluding carboxylic acids is 3. The number of β-lactam (4-membered cyclic amide) rings is 1. The molecule has 3 aliphatic rings. The van der Waals surface area contributed by atoms with Crippen LogP contribution in [0.2, 0.25) is 0 Å². The molecular formula is C26H28N2O6S. The van der Waals surface area contributed by atoms with Gasteiger partial charge in [-0.3, -0.25) is 9.59 Å². The molecule has 2 saturated heterocycles. The van der Waals surface area contributed by atoms with Crippen LogP contribution in [0, 0.1) is 0 Å². The van der Waals surface area contributed by atoms with E-state index in [0.29, 0.717) is 11.5 Å². The Labute approximate surface area is 208 Å². The highest BCUT2D eigenvalue weighted by Gasteiger charge is 2.67. The van der Waals surface area contributed by atoms with Crippen molar-refractivity contribution in [2.24, 2.45) is 0 Å². The zero-order valence-corrected chi connectivity index (χ0v) is 20.5. The minimum atomic E-state index is -0.730. The first-order valence-corrected chi connectivity index (χ1v) is 12.6. The molecule has 1 spiro atoms. The number of hydrogen-bond donors (Lipinski definition) is 1. The number of carbonyl (C=O) groups is 3. The van der Waals surface area contributed by atoms with E-state index in [0.717, 1.165) is 31.2 Å². The van der Waals surface area contributed by atoms with Crippen LogP contribution in [-0.4, -0.2) is 59.1 Å². The van der Waals surface area contributed by atoms with Gasteiger partial charge >= 0.3 is 5.97 Å². The molecule has 2 amide bonds. The molecule has 184 valence electrons. The van der Waals surface area contributed by atoms with Crippen LogP contribution in [0.25, 0.3) is 0 Å². The van der Waals surface area contributed by atoms with Gasteiger partial charge in [0.1, 0.15) is 41.1 Å². The molecule has 9 heteroatoms. The van der Waals surface area contributed by atoms with Crippen molar-refractivity contribution in [1.29, 1.82) is 0 Å². The normalized spacial score (nSPS) is 24.0. The minimum absolute atomic E-state index is 0.164. The van der Waals surface area contributed by atoms with Crippen molar-refractivity contribution in [1.82, 2.24) is 10.2 Å². The van der Waals surface area contributed by atoms with Crippen LogP contribution in [0.15, 0.2) is 48.5 Å². The highest BCUT2D eigenvalue weighted by Crippen LogP contribution is 2.58. The Bertz CT molecular complexity index is 1110. The first kappa shape index (κ1) is 23.5. The Morgan fingerprint density at radius 2 is 1.69 bits per heavy atom. The van der Waals surface area contributed by atoms with E-state index in [4.69, 9.17) is 14.2 Å². The maximum Gasteiger partial charge on any atom is 0.330 e. The molecule has 2 aliphatic heterocycles.